The summed E-state index contributed by atoms with van der Waals surface area (Å²) in [6.07, 6.45) is 0.0522. The molecule has 1 saturated heterocycles. The van der Waals surface area contributed by atoms with Gasteiger partial charge in [0.25, 0.3) is 0 Å². The molecule has 0 aliphatic carbocycles. The van der Waals surface area contributed by atoms with Gasteiger partial charge in [-0.3, -0.25) is 9.69 Å². The number of ether oxygens (including phenoxy) is 2. The summed E-state index contributed by atoms with van der Waals surface area (Å²) in [5.74, 6) is -0.278. The first kappa shape index (κ1) is 18.3. The van der Waals surface area contributed by atoms with E-state index in [0.717, 1.165) is 5.56 Å². The summed E-state index contributed by atoms with van der Waals surface area (Å²) in [7, 11) is 1.39. The van der Waals surface area contributed by atoms with Gasteiger partial charge in [-0.25, -0.2) is 4.79 Å². The highest BCUT2D eigenvalue weighted by atomic mass is 16.6. The maximum Gasteiger partial charge on any atom is 0.407 e. The van der Waals surface area contributed by atoms with Crippen LogP contribution in [0.15, 0.2) is 30.3 Å². The molecule has 2 rings (SSSR count). The molecule has 2 unspecified atom stereocenters. The minimum Gasteiger partial charge on any atom is -0.468 e. The van der Waals surface area contributed by atoms with Gasteiger partial charge >= 0.3 is 12.1 Å². The fourth-order valence-electron chi connectivity index (χ4n) is 2.86. The van der Waals surface area contributed by atoms with Crippen molar-refractivity contribution in [2.24, 2.45) is 0 Å². The van der Waals surface area contributed by atoms with E-state index in [1.807, 2.05) is 56.0 Å². The smallest absolute Gasteiger partial charge is 0.407 e. The number of hydrogen-bond acceptors (Lipinski definition) is 5. The number of likely N-dealkylation sites (tertiary alicyclic amines) is 1. The second-order valence-electron chi connectivity index (χ2n) is 7.03. The fourth-order valence-corrected chi connectivity index (χ4v) is 2.86. The molecule has 0 spiro atoms. The van der Waals surface area contributed by atoms with Crippen molar-refractivity contribution in [3.8, 4) is 0 Å². The number of benzene rings is 1. The van der Waals surface area contributed by atoms with Gasteiger partial charge in [0.15, 0.2) is 0 Å². The lowest BCUT2D eigenvalue weighted by Gasteiger charge is -2.22. The van der Waals surface area contributed by atoms with E-state index in [1.165, 1.54) is 7.11 Å². The van der Waals surface area contributed by atoms with E-state index in [1.54, 1.807) is 0 Å². The van der Waals surface area contributed by atoms with Gasteiger partial charge < -0.3 is 14.8 Å². The largest absolute Gasteiger partial charge is 0.468 e. The molecule has 6 heteroatoms. The second-order valence-corrected chi connectivity index (χ2v) is 7.03. The van der Waals surface area contributed by atoms with Gasteiger partial charge in [0.1, 0.15) is 11.6 Å². The van der Waals surface area contributed by atoms with Crippen molar-refractivity contribution < 1.29 is 19.1 Å². The highest BCUT2D eigenvalue weighted by Crippen LogP contribution is 2.22. The lowest BCUT2D eigenvalue weighted by Crippen LogP contribution is -2.40. The zero-order valence-electron chi connectivity index (χ0n) is 14.7. The standard InChI is InChI=1S/C18H26N2O4/c1-18(2,3)24-17(22)19-14-10-15(16(21)23-4)20(12-14)11-13-8-6-5-7-9-13/h5-9,14-15H,10-12H2,1-4H3,(H,19,22). The van der Waals surface area contributed by atoms with Crippen molar-refractivity contribution in [3.63, 3.8) is 0 Å². The van der Waals surface area contributed by atoms with E-state index in [0.29, 0.717) is 19.5 Å². The number of rotatable bonds is 4. The van der Waals surface area contributed by atoms with Crippen LogP contribution < -0.4 is 5.32 Å². The quantitative estimate of drug-likeness (QED) is 0.856. The third kappa shape index (κ3) is 5.23. The van der Waals surface area contributed by atoms with Gasteiger partial charge in [0.2, 0.25) is 0 Å². The number of carbonyl (C=O) groups is 2. The molecule has 1 aromatic carbocycles. The molecule has 2 atom stereocenters. The van der Waals surface area contributed by atoms with Crippen molar-refractivity contribution in [3.05, 3.63) is 35.9 Å². The Kier molecular flexibility index (Phi) is 5.83. The lowest BCUT2D eigenvalue weighted by atomic mass is 10.1. The summed E-state index contributed by atoms with van der Waals surface area (Å²) in [6.45, 7) is 6.67. The van der Waals surface area contributed by atoms with Crippen LogP contribution in [0.25, 0.3) is 0 Å². The number of carbonyl (C=O) groups excluding carboxylic acids is 2. The monoisotopic (exact) mass is 334 g/mol. The molecule has 0 bridgehead atoms. The Morgan fingerprint density at radius 2 is 1.92 bits per heavy atom. The maximum atomic E-state index is 12.1. The van der Waals surface area contributed by atoms with Crippen LogP contribution in [0.5, 0.6) is 0 Å². The molecule has 1 aliphatic rings. The number of alkyl carbamates (subject to hydrolysis) is 1. The van der Waals surface area contributed by atoms with Gasteiger partial charge in [-0.2, -0.15) is 0 Å². The first-order valence-corrected chi connectivity index (χ1v) is 8.14. The highest BCUT2D eigenvalue weighted by molar-refractivity contribution is 5.76. The molecule has 132 valence electrons. The number of nitrogens with one attached hydrogen (secondary N) is 1. The molecule has 0 aromatic heterocycles. The highest BCUT2D eigenvalue weighted by Gasteiger charge is 2.38. The van der Waals surface area contributed by atoms with Gasteiger partial charge in [-0.15, -0.1) is 0 Å². The van der Waals surface area contributed by atoms with Gasteiger partial charge in [0.05, 0.1) is 7.11 Å². The van der Waals surface area contributed by atoms with Crippen LogP contribution in [0, 0.1) is 0 Å². The molecule has 1 aliphatic heterocycles. The molecule has 1 fully saturated rings. The molecule has 0 radical (unpaired) electrons. The lowest BCUT2D eigenvalue weighted by molar-refractivity contribution is -0.146. The van der Waals surface area contributed by atoms with E-state index < -0.39 is 11.7 Å². The van der Waals surface area contributed by atoms with Gasteiger partial charge in [-0.05, 0) is 32.8 Å². The zero-order chi connectivity index (χ0) is 17.7. The number of amides is 1. The summed E-state index contributed by atoms with van der Waals surface area (Å²) < 4.78 is 10.2. The maximum absolute atomic E-state index is 12.1. The molecule has 1 N–H and O–H groups in total. The van der Waals surface area contributed by atoms with Crippen LogP contribution in [-0.4, -0.2) is 48.3 Å². The predicted molar refractivity (Wildman–Crippen MR) is 90.4 cm³/mol. The van der Waals surface area contributed by atoms with Crippen LogP contribution >= 0.6 is 0 Å². The average Bonchev–Trinajstić information content (AvgIpc) is 2.87. The van der Waals surface area contributed by atoms with Gasteiger partial charge in [0, 0.05) is 19.1 Å². The van der Waals surface area contributed by atoms with E-state index in [2.05, 4.69) is 5.32 Å². The molecular weight excluding hydrogens is 308 g/mol. The van der Waals surface area contributed by atoms with E-state index in [9.17, 15) is 9.59 Å². The first-order valence-electron chi connectivity index (χ1n) is 8.14. The summed E-state index contributed by atoms with van der Waals surface area (Å²) in [5.41, 5.74) is 0.568. The van der Waals surface area contributed by atoms with Gasteiger partial charge in [-0.1, -0.05) is 30.3 Å². The SMILES string of the molecule is COC(=O)C1CC(NC(=O)OC(C)(C)C)CN1Cc1ccccc1. The van der Waals surface area contributed by atoms with Crippen LogP contribution in [0.2, 0.25) is 0 Å². The summed E-state index contributed by atoms with van der Waals surface area (Å²) >= 11 is 0. The zero-order valence-corrected chi connectivity index (χ0v) is 14.7. The van der Waals surface area contributed by atoms with Crippen LogP contribution in [0.1, 0.15) is 32.8 Å². The Labute approximate surface area is 143 Å². The Morgan fingerprint density at radius 1 is 1.25 bits per heavy atom. The Balaban J connectivity index is 2.01. The number of methoxy groups -OCH3 is 1. The number of hydrogen-bond donors (Lipinski definition) is 1. The molecule has 6 nitrogen and oxygen atoms in total. The van der Waals surface area contributed by atoms with Crippen molar-refractivity contribution in [2.45, 2.75) is 51.4 Å². The van der Waals surface area contributed by atoms with E-state index in [4.69, 9.17) is 9.47 Å². The molecule has 1 amide bonds. The molecule has 1 aromatic rings. The molecular formula is C18H26N2O4. The molecule has 0 saturated carbocycles. The van der Waals surface area contributed by atoms with Crippen molar-refractivity contribution in [1.29, 1.82) is 0 Å². The van der Waals surface area contributed by atoms with Crippen LogP contribution in [-0.2, 0) is 20.8 Å². The number of nitrogens with zero attached hydrogens (tertiary/aromatic N) is 1. The summed E-state index contributed by atoms with van der Waals surface area (Å²) in [6, 6.07) is 9.41. The molecule has 1 heterocycles. The number of esters is 1. The third-order valence-corrected chi connectivity index (χ3v) is 3.83. The topological polar surface area (TPSA) is 67.9 Å². The van der Waals surface area contributed by atoms with E-state index in [-0.39, 0.29) is 18.1 Å². The van der Waals surface area contributed by atoms with Crippen molar-refractivity contribution in [2.75, 3.05) is 13.7 Å². The summed E-state index contributed by atoms with van der Waals surface area (Å²) in [4.78, 5) is 26.1. The van der Waals surface area contributed by atoms with Crippen molar-refractivity contribution in [1.82, 2.24) is 10.2 Å². The minimum absolute atomic E-state index is 0.146. The molecule has 24 heavy (non-hydrogen) atoms. The fraction of sp³-hybridized carbons (Fsp3) is 0.556. The van der Waals surface area contributed by atoms with Crippen LogP contribution in [0.3, 0.4) is 0 Å². The average molecular weight is 334 g/mol. The normalized spacial score (nSPS) is 21.3. The Hall–Kier alpha value is -2.08. The minimum atomic E-state index is -0.547. The van der Waals surface area contributed by atoms with Crippen molar-refractivity contribution >= 4 is 12.1 Å². The Morgan fingerprint density at radius 3 is 2.50 bits per heavy atom. The van der Waals surface area contributed by atoms with Crippen LogP contribution in [0.4, 0.5) is 4.79 Å². The predicted octanol–water partition coefficient (Wildman–Crippen LogP) is 2.33. The second kappa shape index (κ2) is 7.66. The first-order chi connectivity index (χ1) is 11.3. The van der Waals surface area contributed by atoms with E-state index >= 15 is 0 Å². The third-order valence-electron chi connectivity index (χ3n) is 3.83. The summed E-state index contributed by atoms with van der Waals surface area (Å²) in [5, 5.41) is 2.85. The Bertz CT molecular complexity index is 568.